The first-order chi connectivity index (χ1) is 14.7. The minimum absolute atomic E-state index is 0.0997. The second kappa shape index (κ2) is 7.72. The van der Waals surface area contributed by atoms with E-state index < -0.39 is 0 Å². The molecule has 1 amide bonds. The molecule has 0 aliphatic carbocycles. The van der Waals surface area contributed by atoms with E-state index in [4.69, 9.17) is 9.51 Å². The Morgan fingerprint density at radius 2 is 1.77 bits per heavy atom. The van der Waals surface area contributed by atoms with E-state index in [2.05, 4.69) is 24.2 Å². The minimum atomic E-state index is -0.0997. The molecule has 0 fully saturated rings. The number of anilines is 2. The van der Waals surface area contributed by atoms with E-state index in [0.717, 1.165) is 27.7 Å². The van der Waals surface area contributed by atoms with E-state index in [0.29, 0.717) is 16.4 Å². The van der Waals surface area contributed by atoms with Crippen LogP contribution in [0, 0.1) is 0 Å². The quantitative estimate of drug-likeness (QED) is 0.359. The molecule has 0 bridgehead atoms. The number of aromatic nitrogens is 2. The Hall–Kier alpha value is -3.51. The third-order valence-corrected chi connectivity index (χ3v) is 6.12. The predicted molar refractivity (Wildman–Crippen MR) is 120 cm³/mol. The van der Waals surface area contributed by atoms with Crippen molar-refractivity contribution in [1.82, 2.24) is 10.1 Å². The van der Waals surface area contributed by atoms with Gasteiger partial charge in [-0.15, -0.1) is 0 Å². The Morgan fingerprint density at radius 1 is 1.00 bits per heavy atom. The molecule has 3 aromatic carbocycles. The average molecular weight is 414 g/mol. The second-order valence-corrected chi connectivity index (χ2v) is 8.02. The van der Waals surface area contributed by atoms with Gasteiger partial charge in [-0.2, -0.15) is 0 Å². The largest absolute Gasteiger partial charge is 0.356 e. The number of nitrogens with zero attached hydrogens (tertiary/aromatic N) is 3. The molecule has 30 heavy (non-hydrogen) atoms. The van der Waals surface area contributed by atoms with E-state index in [9.17, 15) is 4.79 Å². The number of benzene rings is 3. The summed E-state index contributed by atoms with van der Waals surface area (Å²) in [6.45, 7) is 2.11. The van der Waals surface area contributed by atoms with Crippen molar-refractivity contribution in [2.75, 3.05) is 4.90 Å². The third-order valence-electron chi connectivity index (χ3n) is 5.10. The van der Waals surface area contributed by atoms with Gasteiger partial charge in [-0.1, -0.05) is 59.8 Å². The van der Waals surface area contributed by atoms with E-state index in [1.54, 1.807) is 4.90 Å². The average Bonchev–Trinajstić information content (AvgIpc) is 3.39. The predicted octanol–water partition coefficient (Wildman–Crippen LogP) is 5.91. The zero-order valence-corrected chi connectivity index (χ0v) is 17.2. The summed E-state index contributed by atoms with van der Waals surface area (Å²) in [5.41, 5.74) is 4.21. The van der Waals surface area contributed by atoms with Crippen LogP contribution in [0.15, 0.2) is 77.3 Å². The van der Waals surface area contributed by atoms with Gasteiger partial charge in [0.2, 0.25) is 5.91 Å². The highest BCUT2D eigenvalue weighted by molar-refractivity contribution is 7.22. The molecule has 0 aliphatic heterocycles. The maximum atomic E-state index is 13.5. The molecule has 5 nitrogen and oxygen atoms in total. The van der Waals surface area contributed by atoms with Crippen molar-refractivity contribution in [3.05, 3.63) is 84.1 Å². The standard InChI is InChI=1S/C24H19N3O2S/c1-2-16-11-13-17(14-12-16)27(24-25-19-8-4-6-10-22(19)30-24)23(28)15-20-18-7-3-5-9-21(18)29-26-20/h3-14H,2,15H2,1H3. The van der Waals surface area contributed by atoms with Gasteiger partial charge in [0.15, 0.2) is 10.7 Å². The molecule has 0 spiro atoms. The molecule has 2 heterocycles. The minimum Gasteiger partial charge on any atom is -0.356 e. The van der Waals surface area contributed by atoms with Crippen molar-refractivity contribution in [3.8, 4) is 0 Å². The maximum Gasteiger partial charge on any atom is 0.239 e. The number of thiazole rings is 1. The molecule has 0 saturated carbocycles. The fraction of sp³-hybridized carbons (Fsp3) is 0.125. The summed E-state index contributed by atoms with van der Waals surface area (Å²) in [6.07, 6.45) is 1.07. The highest BCUT2D eigenvalue weighted by Gasteiger charge is 2.24. The number of amides is 1. The van der Waals surface area contributed by atoms with Crippen molar-refractivity contribution < 1.29 is 9.32 Å². The van der Waals surface area contributed by atoms with E-state index in [1.807, 2.05) is 60.7 Å². The van der Waals surface area contributed by atoms with Crippen molar-refractivity contribution >= 4 is 49.2 Å². The van der Waals surface area contributed by atoms with Gasteiger partial charge in [0.25, 0.3) is 0 Å². The van der Waals surface area contributed by atoms with Crippen LogP contribution in [0.2, 0.25) is 0 Å². The summed E-state index contributed by atoms with van der Waals surface area (Å²) in [7, 11) is 0. The number of fused-ring (bicyclic) bond motifs is 2. The molecule has 148 valence electrons. The summed E-state index contributed by atoms with van der Waals surface area (Å²) in [5, 5.41) is 5.64. The maximum absolute atomic E-state index is 13.5. The lowest BCUT2D eigenvalue weighted by atomic mass is 10.1. The lowest BCUT2D eigenvalue weighted by molar-refractivity contribution is -0.117. The SMILES string of the molecule is CCc1ccc(N(C(=O)Cc2noc3ccccc23)c2nc3ccccc3s2)cc1. The molecule has 5 rings (SSSR count). The van der Waals surface area contributed by atoms with Crippen LogP contribution in [0.1, 0.15) is 18.2 Å². The van der Waals surface area contributed by atoms with E-state index in [-0.39, 0.29) is 12.3 Å². The van der Waals surface area contributed by atoms with Crippen molar-refractivity contribution in [2.45, 2.75) is 19.8 Å². The van der Waals surface area contributed by atoms with Crippen molar-refractivity contribution in [1.29, 1.82) is 0 Å². The Morgan fingerprint density at radius 3 is 2.57 bits per heavy atom. The van der Waals surface area contributed by atoms with Crippen LogP contribution >= 0.6 is 11.3 Å². The van der Waals surface area contributed by atoms with Gasteiger partial charge in [0.1, 0.15) is 5.69 Å². The molecule has 0 aliphatic rings. The van der Waals surface area contributed by atoms with Gasteiger partial charge in [-0.05, 0) is 48.4 Å². The number of para-hydroxylation sites is 2. The normalized spacial score (nSPS) is 11.2. The highest BCUT2D eigenvalue weighted by Crippen LogP contribution is 2.34. The number of carbonyl (C=O) groups is 1. The van der Waals surface area contributed by atoms with Gasteiger partial charge in [-0.3, -0.25) is 9.69 Å². The molecule has 0 unspecified atom stereocenters. The van der Waals surface area contributed by atoms with Crippen molar-refractivity contribution in [2.24, 2.45) is 0 Å². The summed E-state index contributed by atoms with van der Waals surface area (Å²) in [5.74, 6) is -0.0997. The van der Waals surface area contributed by atoms with Gasteiger partial charge in [0.05, 0.1) is 22.3 Å². The summed E-state index contributed by atoms with van der Waals surface area (Å²) >= 11 is 1.50. The number of hydrogen-bond acceptors (Lipinski definition) is 5. The Kier molecular flexibility index (Phi) is 4.77. The van der Waals surface area contributed by atoms with Gasteiger partial charge in [0, 0.05) is 5.39 Å². The van der Waals surface area contributed by atoms with Crippen LogP contribution in [0.3, 0.4) is 0 Å². The van der Waals surface area contributed by atoms with Gasteiger partial charge in [-0.25, -0.2) is 4.98 Å². The van der Waals surface area contributed by atoms with Gasteiger partial charge < -0.3 is 4.52 Å². The van der Waals surface area contributed by atoms with Crippen LogP contribution in [0.4, 0.5) is 10.8 Å². The van der Waals surface area contributed by atoms with Crippen LogP contribution < -0.4 is 4.90 Å². The molecule has 5 aromatic rings. The Balaban J connectivity index is 1.56. The first kappa shape index (κ1) is 18.5. The molecule has 0 saturated heterocycles. The van der Waals surface area contributed by atoms with E-state index >= 15 is 0 Å². The van der Waals surface area contributed by atoms with Crippen LogP contribution in [-0.2, 0) is 17.6 Å². The summed E-state index contributed by atoms with van der Waals surface area (Å²) in [6, 6.07) is 23.6. The first-order valence-corrected chi connectivity index (χ1v) is 10.7. The molecule has 0 N–H and O–H groups in total. The Bertz CT molecular complexity index is 1300. The highest BCUT2D eigenvalue weighted by atomic mass is 32.1. The zero-order valence-electron chi connectivity index (χ0n) is 16.4. The molecule has 6 heteroatoms. The third kappa shape index (κ3) is 3.35. The Labute approximate surface area is 177 Å². The number of carbonyl (C=O) groups excluding carboxylic acids is 1. The molecule has 2 aromatic heterocycles. The van der Waals surface area contributed by atoms with Crippen LogP contribution in [0.5, 0.6) is 0 Å². The monoisotopic (exact) mass is 413 g/mol. The molecule has 0 atom stereocenters. The summed E-state index contributed by atoms with van der Waals surface area (Å²) in [4.78, 5) is 19.9. The summed E-state index contributed by atoms with van der Waals surface area (Å²) < 4.78 is 6.43. The smallest absolute Gasteiger partial charge is 0.239 e. The lowest BCUT2D eigenvalue weighted by Crippen LogP contribution is -2.27. The van der Waals surface area contributed by atoms with Crippen LogP contribution in [0.25, 0.3) is 21.2 Å². The molecular formula is C24H19N3O2S. The van der Waals surface area contributed by atoms with Crippen LogP contribution in [-0.4, -0.2) is 16.0 Å². The first-order valence-electron chi connectivity index (χ1n) is 9.83. The van der Waals surface area contributed by atoms with E-state index in [1.165, 1.54) is 16.9 Å². The number of aryl methyl sites for hydroxylation is 1. The van der Waals surface area contributed by atoms with Crippen molar-refractivity contribution in [3.63, 3.8) is 0 Å². The molecule has 0 radical (unpaired) electrons. The van der Waals surface area contributed by atoms with Gasteiger partial charge >= 0.3 is 0 Å². The second-order valence-electron chi connectivity index (χ2n) is 7.02. The fourth-order valence-electron chi connectivity index (χ4n) is 3.49. The lowest BCUT2D eigenvalue weighted by Gasteiger charge is -2.20. The fourth-order valence-corrected chi connectivity index (χ4v) is 4.49. The topological polar surface area (TPSA) is 59.2 Å². The number of rotatable bonds is 5. The zero-order chi connectivity index (χ0) is 20.5. The molecular weight excluding hydrogens is 394 g/mol. The number of hydrogen-bond donors (Lipinski definition) is 0.